The number of nitrogens with zero attached hydrogens (tertiary/aromatic N) is 4. The monoisotopic (exact) mass is 416 g/mol. The van der Waals surface area contributed by atoms with Gasteiger partial charge in [0.2, 0.25) is 5.95 Å². The lowest BCUT2D eigenvalue weighted by Gasteiger charge is -2.16. The molecule has 1 aromatic carbocycles. The number of hydrogen-bond donors (Lipinski definition) is 5. The van der Waals surface area contributed by atoms with Gasteiger partial charge in [0.15, 0.2) is 23.2 Å². The third kappa shape index (κ3) is 3.75. The molecule has 0 bridgehead atoms. The van der Waals surface area contributed by atoms with Crippen molar-refractivity contribution in [1.29, 1.82) is 0 Å². The molecule has 30 heavy (non-hydrogen) atoms. The number of nitrogen functional groups attached to an aromatic ring is 1. The number of ether oxygens (including phenoxy) is 2. The summed E-state index contributed by atoms with van der Waals surface area (Å²) >= 11 is 0. The molecular formula is C19H24N6O5. The van der Waals surface area contributed by atoms with E-state index in [1.807, 2.05) is 24.3 Å². The molecule has 0 saturated carbocycles. The molecule has 1 saturated heterocycles. The minimum absolute atomic E-state index is 0.0277. The lowest BCUT2D eigenvalue weighted by Crippen LogP contribution is -2.33. The van der Waals surface area contributed by atoms with Crippen molar-refractivity contribution in [2.24, 2.45) is 0 Å². The molecule has 0 aliphatic carbocycles. The molecule has 4 rings (SSSR count). The van der Waals surface area contributed by atoms with Crippen molar-refractivity contribution in [3.63, 3.8) is 0 Å². The highest BCUT2D eigenvalue weighted by Gasteiger charge is 2.44. The van der Waals surface area contributed by atoms with E-state index in [-0.39, 0.29) is 5.95 Å². The van der Waals surface area contributed by atoms with E-state index in [4.69, 9.17) is 15.2 Å². The average Bonchev–Trinajstić information content (AvgIpc) is 3.29. The predicted molar refractivity (Wildman–Crippen MR) is 108 cm³/mol. The van der Waals surface area contributed by atoms with E-state index >= 15 is 0 Å². The van der Waals surface area contributed by atoms with E-state index in [9.17, 15) is 15.3 Å². The van der Waals surface area contributed by atoms with Gasteiger partial charge in [-0.2, -0.15) is 9.97 Å². The molecule has 0 amide bonds. The summed E-state index contributed by atoms with van der Waals surface area (Å²) in [6, 6.07) is 7.78. The number of aliphatic hydroxyl groups excluding tert-OH is 3. The van der Waals surface area contributed by atoms with E-state index in [2.05, 4.69) is 20.3 Å². The predicted octanol–water partition coefficient (Wildman–Crippen LogP) is -0.317. The first-order chi connectivity index (χ1) is 14.5. The van der Waals surface area contributed by atoms with Crippen molar-refractivity contribution >= 4 is 22.9 Å². The van der Waals surface area contributed by atoms with Gasteiger partial charge in [0, 0.05) is 6.54 Å². The Balaban J connectivity index is 1.55. The second kappa shape index (κ2) is 8.40. The van der Waals surface area contributed by atoms with Crippen LogP contribution in [-0.2, 0) is 11.2 Å². The van der Waals surface area contributed by atoms with Crippen LogP contribution in [0.3, 0.4) is 0 Å². The third-order valence-corrected chi connectivity index (χ3v) is 5.07. The maximum atomic E-state index is 10.3. The van der Waals surface area contributed by atoms with Gasteiger partial charge in [0.1, 0.15) is 24.1 Å². The number of aromatic nitrogens is 4. The zero-order chi connectivity index (χ0) is 21.3. The molecule has 0 radical (unpaired) electrons. The van der Waals surface area contributed by atoms with Crippen LogP contribution in [0.1, 0.15) is 11.8 Å². The van der Waals surface area contributed by atoms with Gasteiger partial charge < -0.3 is 35.8 Å². The Morgan fingerprint density at radius 2 is 2.10 bits per heavy atom. The van der Waals surface area contributed by atoms with Crippen LogP contribution in [0.4, 0.5) is 11.8 Å². The lowest BCUT2D eigenvalue weighted by molar-refractivity contribution is -0.0511. The van der Waals surface area contributed by atoms with Crippen molar-refractivity contribution < 1.29 is 24.8 Å². The van der Waals surface area contributed by atoms with Crippen molar-refractivity contribution in [2.75, 3.05) is 31.3 Å². The van der Waals surface area contributed by atoms with Crippen LogP contribution in [0.25, 0.3) is 11.2 Å². The van der Waals surface area contributed by atoms with Gasteiger partial charge in [0.25, 0.3) is 0 Å². The maximum Gasteiger partial charge on any atom is 0.224 e. The molecule has 0 spiro atoms. The molecule has 160 valence electrons. The van der Waals surface area contributed by atoms with E-state index in [0.717, 1.165) is 17.7 Å². The number of anilines is 2. The van der Waals surface area contributed by atoms with Gasteiger partial charge >= 0.3 is 0 Å². The normalized spacial score (nSPS) is 23.7. The summed E-state index contributed by atoms with van der Waals surface area (Å²) in [6.45, 7) is 0.148. The highest BCUT2D eigenvalue weighted by molar-refractivity contribution is 5.84. The van der Waals surface area contributed by atoms with Crippen LogP contribution in [0.2, 0.25) is 0 Å². The van der Waals surface area contributed by atoms with Crippen LogP contribution in [-0.4, -0.2) is 73.4 Å². The Morgan fingerprint density at radius 3 is 2.83 bits per heavy atom. The molecule has 2 aromatic heterocycles. The molecule has 0 unspecified atom stereocenters. The van der Waals surface area contributed by atoms with Crippen LogP contribution < -0.4 is 15.8 Å². The van der Waals surface area contributed by atoms with E-state index in [1.165, 1.54) is 10.9 Å². The molecule has 11 nitrogen and oxygen atoms in total. The van der Waals surface area contributed by atoms with E-state index in [0.29, 0.717) is 23.5 Å². The third-order valence-electron chi connectivity index (χ3n) is 5.07. The minimum Gasteiger partial charge on any atom is -0.497 e. The zero-order valence-electron chi connectivity index (χ0n) is 16.3. The summed E-state index contributed by atoms with van der Waals surface area (Å²) in [7, 11) is 1.63. The fourth-order valence-electron chi connectivity index (χ4n) is 3.51. The maximum absolute atomic E-state index is 10.3. The second-order valence-corrected chi connectivity index (χ2v) is 7.01. The number of imidazole rings is 1. The van der Waals surface area contributed by atoms with Gasteiger partial charge in [-0.05, 0) is 24.1 Å². The molecule has 4 atom stereocenters. The van der Waals surface area contributed by atoms with Crippen molar-refractivity contribution in [2.45, 2.75) is 31.0 Å². The molecule has 1 aliphatic heterocycles. The molecule has 6 N–H and O–H groups in total. The minimum atomic E-state index is -1.25. The Kier molecular flexibility index (Phi) is 5.68. The number of nitrogens with two attached hydrogens (primary N) is 1. The summed E-state index contributed by atoms with van der Waals surface area (Å²) < 4.78 is 12.3. The molecule has 11 heteroatoms. The Bertz CT molecular complexity index is 1030. The van der Waals surface area contributed by atoms with Crippen LogP contribution in [0, 0.1) is 0 Å². The van der Waals surface area contributed by atoms with E-state index in [1.54, 1.807) is 7.11 Å². The number of fused-ring (bicyclic) bond motifs is 1. The number of methoxy groups -OCH3 is 1. The van der Waals surface area contributed by atoms with Gasteiger partial charge in [-0.25, -0.2) is 4.98 Å². The summed E-state index contributed by atoms with van der Waals surface area (Å²) in [6.07, 6.45) is -2.18. The first kappa shape index (κ1) is 20.3. The summed E-state index contributed by atoms with van der Waals surface area (Å²) in [5.41, 5.74) is 7.77. The molecular weight excluding hydrogens is 392 g/mol. The Morgan fingerprint density at radius 1 is 1.27 bits per heavy atom. The smallest absolute Gasteiger partial charge is 0.224 e. The second-order valence-electron chi connectivity index (χ2n) is 7.01. The molecule has 1 aliphatic rings. The zero-order valence-corrected chi connectivity index (χ0v) is 16.3. The van der Waals surface area contributed by atoms with Gasteiger partial charge in [-0.15, -0.1) is 0 Å². The van der Waals surface area contributed by atoms with E-state index < -0.39 is 31.1 Å². The fraction of sp³-hybridized carbons (Fsp3) is 0.421. The van der Waals surface area contributed by atoms with Crippen molar-refractivity contribution in [3.8, 4) is 5.75 Å². The number of aliphatic hydroxyl groups is 3. The lowest BCUT2D eigenvalue weighted by atomic mass is 10.1. The number of rotatable bonds is 7. The van der Waals surface area contributed by atoms with Crippen molar-refractivity contribution in [1.82, 2.24) is 19.5 Å². The van der Waals surface area contributed by atoms with Gasteiger partial charge in [-0.3, -0.25) is 4.57 Å². The average molecular weight is 416 g/mol. The van der Waals surface area contributed by atoms with Gasteiger partial charge in [0.05, 0.1) is 20.0 Å². The molecule has 3 heterocycles. The largest absolute Gasteiger partial charge is 0.497 e. The molecule has 1 fully saturated rings. The fourth-order valence-corrected chi connectivity index (χ4v) is 3.51. The summed E-state index contributed by atoms with van der Waals surface area (Å²) in [5.74, 6) is 1.27. The first-order valence-corrected chi connectivity index (χ1v) is 9.51. The Hall–Kier alpha value is -2.99. The van der Waals surface area contributed by atoms with Crippen molar-refractivity contribution in [3.05, 3.63) is 36.2 Å². The first-order valence-electron chi connectivity index (χ1n) is 9.51. The van der Waals surface area contributed by atoms with Crippen LogP contribution in [0.5, 0.6) is 5.75 Å². The highest BCUT2D eigenvalue weighted by atomic mass is 16.6. The standard InChI is InChI=1S/C19H24N6O5/c1-29-11-4-2-3-10(7-11)5-6-21-16-13-17(24-19(20)23-16)25(9-22-13)18-15(28)14(27)12(8-26)30-18/h2-4,7,9,12,14-15,18,26-28H,5-6,8H2,1H3,(H3,20,21,23,24)/t12-,14-,15-,18-/m1/s1. The number of nitrogens with one attached hydrogen (secondary N) is 1. The highest BCUT2D eigenvalue weighted by Crippen LogP contribution is 2.32. The molecule has 3 aromatic rings. The summed E-state index contributed by atoms with van der Waals surface area (Å²) in [5, 5.41) is 32.9. The number of hydrogen-bond acceptors (Lipinski definition) is 10. The SMILES string of the molecule is COc1cccc(CCNc2nc(N)nc3c2ncn3[C@@H]2O[C@H](CO)[C@@H](O)[C@H]2O)c1. The van der Waals surface area contributed by atoms with Gasteiger partial charge in [-0.1, -0.05) is 12.1 Å². The van der Waals surface area contributed by atoms with Crippen LogP contribution in [0.15, 0.2) is 30.6 Å². The van der Waals surface area contributed by atoms with Crippen LogP contribution >= 0.6 is 0 Å². The topological polar surface area (TPSA) is 161 Å². The number of benzene rings is 1. The quantitative estimate of drug-likeness (QED) is 0.345. The Labute approximate surface area is 172 Å². The summed E-state index contributed by atoms with van der Waals surface area (Å²) in [4.78, 5) is 12.8.